The SMILES string of the molecule is Cc1[nH]ccc1C(=O)N1Cc2ccccc2C[C@H]1C(N)=O. The summed E-state index contributed by atoms with van der Waals surface area (Å²) < 4.78 is 0. The summed E-state index contributed by atoms with van der Waals surface area (Å²) in [5.41, 5.74) is 9.03. The van der Waals surface area contributed by atoms with Gasteiger partial charge in [0, 0.05) is 24.9 Å². The fourth-order valence-corrected chi connectivity index (χ4v) is 2.83. The number of fused-ring (bicyclic) bond motifs is 1. The number of H-pyrrole nitrogens is 1. The van der Waals surface area contributed by atoms with Gasteiger partial charge in [-0.1, -0.05) is 24.3 Å². The highest BCUT2D eigenvalue weighted by Crippen LogP contribution is 2.25. The molecule has 2 aromatic rings. The Morgan fingerprint density at radius 1 is 1.24 bits per heavy atom. The van der Waals surface area contributed by atoms with Crippen LogP contribution >= 0.6 is 0 Å². The summed E-state index contributed by atoms with van der Waals surface area (Å²) in [6.45, 7) is 2.25. The van der Waals surface area contributed by atoms with E-state index in [0.29, 0.717) is 18.5 Å². The zero-order valence-corrected chi connectivity index (χ0v) is 11.8. The average molecular weight is 283 g/mol. The third-order valence-corrected chi connectivity index (χ3v) is 4.02. The second-order valence-electron chi connectivity index (χ2n) is 5.34. The molecule has 1 aliphatic rings. The molecule has 5 nitrogen and oxygen atoms in total. The predicted octanol–water partition coefficient (Wildman–Crippen LogP) is 1.38. The van der Waals surface area contributed by atoms with Crippen LogP contribution in [0, 0.1) is 6.92 Å². The molecule has 0 radical (unpaired) electrons. The lowest BCUT2D eigenvalue weighted by atomic mass is 9.93. The maximum absolute atomic E-state index is 12.7. The molecule has 108 valence electrons. The molecule has 5 heteroatoms. The van der Waals surface area contributed by atoms with E-state index in [1.54, 1.807) is 17.2 Å². The maximum Gasteiger partial charge on any atom is 0.256 e. The van der Waals surface area contributed by atoms with Crippen molar-refractivity contribution < 1.29 is 9.59 Å². The molecule has 0 spiro atoms. The maximum atomic E-state index is 12.7. The molecule has 0 fully saturated rings. The van der Waals surface area contributed by atoms with E-state index in [2.05, 4.69) is 4.98 Å². The van der Waals surface area contributed by atoms with Crippen molar-refractivity contribution in [2.75, 3.05) is 0 Å². The molecule has 1 atom stereocenters. The summed E-state index contributed by atoms with van der Waals surface area (Å²) >= 11 is 0. The number of nitrogens with one attached hydrogen (secondary N) is 1. The Kier molecular flexibility index (Phi) is 3.25. The van der Waals surface area contributed by atoms with Gasteiger partial charge in [-0.15, -0.1) is 0 Å². The Morgan fingerprint density at radius 3 is 2.57 bits per heavy atom. The van der Waals surface area contributed by atoms with Crippen LogP contribution in [0.15, 0.2) is 36.5 Å². The number of benzene rings is 1. The molecule has 21 heavy (non-hydrogen) atoms. The molecule has 1 aromatic heterocycles. The minimum absolute atomic E-state index is 0.160. The lowest BCUT2D eigenvalue weighted by molar-refractivity contribution is -0.122. The van der Waals surface area contributed by atoms with Crippen LogP contribution in [-0.4, -0.2) is 27.7 Å². The number of hydrogen-bond acceptors (Lipinski definition) is 2. The molecule has 1 aromatic carbocycles. The minimum atomic E-state index is -0.596. The van der Waals surface area contributed by atoms with Crippen LogP contribution in [0.1, 0.15) is 27.2 Å². The summed E-state index contributed by atoms with van der Waals surface area (Å²) in [6, 6.07) is 8.97. The van der Waals surface area contributed by atoms with Gasteiger partial charge in [0.15, 0.2) is 0 Å². The lowest BCUT2D eigenvalue weighted by Crippen LogP contribution is -2.51. The Labute approximate surface area is 122 Å². The predicted molar refractivity (Wildman–Crippen MR) is 78.5 cm³/mol. The van der Waals surface area contributed by atoms with Gasteiger partial charge in [0.25, 0.3) is 5.91 Å². The lowest BCUT2D eigenvalue weighted by Gasteiger charge is -2.35. The Morgan fingerprint density at radius 2 is 1.95 bits per heavy atom. The topological polar surface area (TPSA) is 79.2 Å². The third kappa shape index (κ3) is 2.31. The minimum Gasteiger partial charge on any atom is -0.368 e. The number of nitrogens with two attached hydrogens (primary N) is 1. The summed E-state index contributed by atoms with van der Waals surface area (Å²) in [7, 11) is 0. The van der Waals surface area contributed by atoms with E-state index in [9.17, 15) is 9.59 Å². The Bertz CT molecular complexity index is 705. The molecular weight excluding hydrogens is 266 g/mol. The van der Waals surface area contributed by atoms with Crippen LogP contribution in [0.2, 0.25) is 0 Å². The van der Waals surface area contributed by atoms with Crippen molar-refractivity contribution in [3.63, 3.8) is 0 Å². The summed E-state index contributed by atoms with van der Waals surface area (Å²) in [5, 5.41) is 0. The Balaban J connectivity index is 1.98. The molecule has 3 rings (SSSR count). The van der Waals surface area contributed by atoms with E-state index in [-0.39, 0.29) is 5.91 Å². The van der Waals surface area contributed by atoms with Gasteiger partial charge in [-0.3, -0.25) is 9.59 Å². The van der Waals surface area contributed by atoms with Crippen LogP contribution in [0.5, 0.6) is 0 Å². The molecule has 2 heterocycles. The number of carbonyl (C=O) groups excluding carboxylic acids is 2. The number of hydrogen-bond donors (Lipinski definition) is 2. The Hall–Kier alpha value is -2.56. The number of amides is 2. The van der Waals surface area contributed by atoms with Gasteiger partial charge in [0.05, 0.1) is 5.56 Å². The van der Waals surface area contributed by atoms with E-state index >= 15 is 0 Å². The van der Waals surface area contributed by atoms with Crippen molar-refractivity contribution in [2.24, 2.45) is 5.73 Å². The number of primary amides is 1. The van der Waals surface area contributed by atoms with Crippen molar-refractivity contribution in [2.45, 2.75) is 25.9 Å². The molecule has 0 saturated heterocycles. The van der Waals surface area contributed by atoms with Gasteiger partial charge in [-0.25, -0.2) is 0 Å². The molecule has 0 bridgehead atoms. The number of aromatic amines is 1. The zero-order chi connectivity index (χ0) is 15.0. The second-order valence-corrected chi connectivity index (χ2v) is 5.34. The van der Waals surface area contributed by atoms with Crippen molar-refractivity contribution >= 4 is 11.8 Å². The molecule has 0 aliphatic carbocycles. The highest BCUT2D eigenvalue weighted by Gasteiger charge is 2.34. The molecule has 2 amide bonds. The van der Waals surface area contributed by atoms with Crippen LogP contribution < -0.4 is 5.73 Å². The van der Waals surface area contributed by atoms with E-state index in [1.165, 1.54) is 0 Å². The van der Waals surface area contributed by atoms with Crippen LogP contribution in [0.4, 0.5) is 0 Å². The first-order valence-corrected chi connectivity index (χ1v) is 6.89. The van der Waals surface area contributed by atoms with Crippen LogP contribution in [0.3, 0.4) is 0 Å². The quantitative estimate of drug-likeness (QED) is 0.873. The monoisotopic (exact) mass is 283 g/mol. The van der Waals surface area contributed by atoms with E-state index < -0.39 is 11.9 Å². The highest BCUT2D eigenvalue weighted by molar-refractivity contribution is 5.98. The average Bonchev–Trinajstić information content (AvgIpc) is 2.91. The number of nitrogens with zero attached hydrogens (tertiary/aromatic N) is 1. The highest BCUT2D eigenvalue weighted by atomic mass is 16.2. The molecule has 0 saturated carbocycles. The number of carbonyl (C=O) groups is 2. The van der Waals surface area contributed by atoms with E-state index in [1.807, 2.05) is 31.2 Å². The van der Waals surface area contributed by atoms with Crippen molar-refractivity contribution in [3.05, 3.63) is 58.9 Å². The van der Waals surface area contributed by atoms with Gasteiger partial charge in [0.2, 0.25) is 5.91 Å². The molecular formula is C16H17N3O2. The summed E-state index contributed by atoms with van der Waals surface area (Å²) in [6.07, 6.45) is 2.19. The van der Waals surface area contributed by atoms with Gasteiger partial charge < -0.3 is 15.6 Å². The van der Waals surface area contributed by atoms with Gasteiger partial charge in [0.1, 0.15) is 6.04 Å². The first kappa shape index (κ1) is 13.4. The van der Waals surface area contributed by atoms with Crippen molar-refractivity contribution in [1.29, 1.82) is 0 Å². The van der Waals surface area contributed by atoms with Crippen molar-refractivity contribution in [3.8, 4) is 0 Å². The van der Waals surface area contributed by atoms with Crippen LogP contribution in [0.25, 0.3) is 0 Å². The fraction of sp³-hybridized carbons (Fsp3) is 0.250. The van der Waals surface area contributed by atoms with E-state index in [0.717, 1.165) is 16.8 Å². The second kappa shape index (κ2) is 5.09. The molecule has 1 aliphatic heterocycles. The van der Waals surface area contributed by atoms with E-state index in [4.69, 9.17) is 5.73 Å². The van der Waals surface area contributed by atoms with Crippen molar-refractivity contribution in [1.82, 2.24) is 9.88 Å². The fourth-order valence-electron chi connectivity index (χ4n) is 2.83. The molecule has 3 N–H and O–H groups in total. The third-order valence-electron chi connectivity index (χ3n) is 4.02. The first-order chi connectivity index (χ1) is 10.1. The number of aryl methyl sites for hydroxylation is 1. The number of aromatic nitrogens is 1. The van der Waals surface area contributed by atoms with Crippen LogP contribution in [-0.2, 0) is 17.8 Å². The van der Waals surface area contributed by atoms with Gasteiger partial charge in [-0.05, 0) is 24.1 Å². The number of rotatable bonds is 2. The normalized spacial score (nSPS) is 17.4. The first-order valence-electron chi connectivity index (χ1n) is 6.89. The summed E-state index contributed by atoms with van der Waals surface area (Å²) in [4.78, 5) is 29.0. The molecule has 0 unspecified atom stereocenters. The summed E-state index contributed by atoms with van der Waals surface area (Å²) in [5.74, 6) is -0.627. The van der Waals surface area contributed by atoms with Gasteiger partial charge >= 0.3 is 0 Å². The smallest absolute Gasteiger partial charge is 0.256 e. The largest absolute Gasteiger partial charge is 0.368 e. The van der Waals surface area contributed by atoms with Gasteiger partial charge in [-0.2, -0.15) is 0 Å². The zero-order valence-electron chi connectivity index (χ0n) is 11.8. The standard InChI is InChI=1S/C16H17N3O2/c1-10-13(6-7-18-10)16(21)19-9-12-5-3-2-4-11(12)8-14(19)15(17)20/h2-7,14,18H,8-9H2,1H3,(H2,17,20)/t14-/m0/s1.